The van der Waals surface area contributed by atoms with Gasteiger partial charge in [-0.05, 0) is 49.7 Å². The van der Waals surface area contributed by atoms with Gasteiger partial charge in [0, 0.05) is 10.2 Å². The molecule has 0 aliphatic carbocycles. The number of nitrogens with one attached hydrogen (secondary N) is 1. The largest absolute Gasteiger partial charge is 0.490 e. The Hall–Kier alpha value is -2.54. The van der Waals surface area contributed by atoms with Crippen LogP contribution in [0.2, 0.25) is 0 Å². The van der Waals surface area contributed by atoms with Crippen LogP contribution in [0.25, 0.3) is 0 Å². The first-order valence-corrected chi connectivity index (χ1v) is 9.40. The number of benzene rings is 2. The van der Waals surface area contributed by atoms with E-state index in [-0.39, 0.29) is 13.0 Å². The van der Waals surface area contributed by atoms with Crippen molar-refractivity contribution in [2.45, 2.75) is 20.3 Å². The van der Waals surface area contributed by atoms with Crippen LogP contribution in [0, 0.1) is 0 Å². The molecule has 2 aromatic rings. The summed E-state index contributed by atoms with van der Waals surface area (Å²) in [6.45, 7) is 4.43. The standard InChI is InChI=1S/C20H22BrNO5/c1-3-25-17-9-8-14(10-18(17)26-4-2)11-20(24)27-13-19(23)22-16-7-5-6-15(21)12-16/h5-10,12H,3-4,11,13H2,1-2H3,(H,22,23). The van der Waals surface area contributed by atoms with Crippen LogP contribution in [0.5, 0.6) is 11.5 Å². The van der Waals surface area contributed by atoms with Gasteiger partial charge in [0.05, 0.1) is 19.6 Å². The smallest absolute Gasteiger partial charge is 0.310 e. The van der Waals surface area contributed by atoms with Crippen molar-refractivity contribution in [3.63, 3.8) is 0 Å². The van der Waals surface area contributed by atoms with E-state index in [1.165, 1.54) is 0 Å². The van der Waals surface area contributed by atoms with Crippen molar-refractivity contribution in [3.8, 4) is 11.5 Å². The Balaban J connectivity index is 1.87. The van der Waals surface area contributed by atoms with Gasteiger partial charge in [0.1, 0.15) is 0 Å². The fourth-order valence-corrected chi connectivity index (χ4v) is 2.73. The van der Waals surface area contributed by atoms with Gasteiger partial charge in [0.15, 0.2) is 18.1 Å². The maximum absolute atomic E-state index is 12.0. The van der Waals surface area contributed by atoms with Gasteiger partial charge in [0.2, 0.25) is 0 Å². The highest BCUT2D eigenvalue weighted by molar-refractivity contribution is 9.10. The highest BCUT2D eigenvalue weighted by Crippen LogP contribution is 2.28. The highest BCUT2D eigenvalue weighted by atomic mass is 79.9. The molecule has 0 unspecified atom stereocenters. The van der Waals surface area contributed by atoms with E-state index < -0.39 is 11.9 Å². The van der Waals surface area contributed by atoms with Crippen LogP contribution in [0.15, 0.2) is 46.9 Å². The Kier molecular flexibility index (Phi) is 8.13. The lowest BCUT2D eigenvalue weighted by molar-refractivity contribution is -0.146. The summed E-state index contributed by atoms with van der Waals surface area (Å²) in [5, 5.41) is 2.67. The van der Waals surface area contributed by atoms with Crippen molar-refractivity contribution >= 4 is 33.5 Å². The van der Waals surface area contributed by atoms with E-state index in [9.17, 15) is 9.59 Å². The van der Waals surface area contributed by atoms with Crippen LogP contribution in [0.1, 0.15) is 19.4 Å². The molecule has 7 heteroatoms. The zero-order chi connectivity index (χ0) is 19.6. The molecule has 2 rings (SSSR count). The summed E-state index contributed by atoms with van der Waals surface area (Å²) in [7, 11) is 0. The molecule has 0 saturated heterocycles. The maximum Gasteiger partial charge on any atom is 0.310 e. The SMILES string of the molecule is CCOc1ccc(CC(=O)OCC(=O)Nc2cccc(Br)c2)cc1OCC. The number of ether oxygens (including phenoxy) is 3. The predicted molar refractivity (Wildman–Crippen MR) is 106 cm³/mol. The topological polar surface area (TPSA) is 73.9 Å². The number of hydrogen-bond acceptors (Lipinski definition) is 5. The minimum atomic E-state index is -0.494. The molecule has 0 spiro atoms. The Bertz CT molecular complexity index is 794. The Labute approximate surface area is 166 Å². The lowest BCUT2D eigenvalue weighted by atomic mass is 10.1. The number of amides is 1. The average Bonchev–Trinajstić information content (AvgIpc) is 2.62. The number of anilines is 1. The molecular formula is C20H22BrNO5. The van der Waals surface area contributed by atoms with Crippen LogP contribution < -0.4 is 14.8 Å². The van der Waals surface area contributed by atoms with Crippen molar-refractivity contribution in [2.75, 3.05) is 25.1 Å². The second kappa shape index (κ2) is 10.6. The fraction of sp³-hybridized carbons (Fsp3) is 0.300. The van der Waals surface area contributed by atoms with Gasteiger partial charge in [-0.1, -0.05) is 28.1 Å². The molecule has 144 valence electrons. The lowest BCUT2D eigenvalue weighted by Crippen LogP contribution is -2.21. The van der Waals surface area contributed by atoms with Crippen LogP contribution in [-0.2, 0) is 20.7 Å². The summed E-state index contributed by atoms with van der Waals surface area (Å²) in [6.07, 6.45) is 0.0383. The molecule has 6 nitrogen and oxygen atoms in total. The monoisotopic (exact) mass is 435 g/mol. The molecule has 1 N–H and O–H groups in total. The third-order valence-corrected chi connectivity index (χ3v) is 3.92. The summed E-state index contributed by atoms with van der Waals surface area (Å²) in [4.78, 5) is 23.9. The summed E-state index contributed by atoms with van der Waals surface area (Å²) in [5.41, 5.74) is 1.34. The quantitative estimate of drug-likeness (QED) is 0.603. The molecule has 0 saturated carbocycles. The predicted octanol–water partition coefficient (Wildman–Crippen LogP) is 3.97. The number of hydrogen-bond donors (Lipinski definition) is 1. The summed E-state index contributed by atoms with van der Waals surface area (Å²) in [6, 6.07) is 12.4. The third kappa shape index (κ3) is 6.94. The van der Waals surface area contributed by atoms with Crippen molar-refractivity contribution in [1.82, 2.24) is 0 Å². The molecule has 0 aromatic heterocycles. The number of esters is 1. The summed E-state index contributed by atoms with van der Waals surface area (Å²) in [5.74, 6) is 0.316. The number of carbonyl (C=O) groups is 2. The third-order valence-electron chi connectivity index (χ3n) is 3.43. The highest BCUT2D eigenvalue weighted by Gasteiger charge is 2.12. The minimum absolute atomic E-state index is 0.0383. The van der Waals surface area contributed by atoms with E-state index in [1.807, 2.05) is 19.9 Å². The Morgan fingerprint density at radius 3 is 2.44 bits per heavy atom. The second-order valence-electron chi connectivity index (χ2n) is 5.54. The van der Waals surface area contributed by atoms with Crippen LogP contribution in [0.4, 0.5) is 5.69 Å². The van der Waals surface area contributed by atoms with Gasteiger partial charge in [0.25, 0.3) is 5.91 Å². The molecule has 0 aliphatic heterocycles. The molecule has 0 bridgehead atoms. The molecular weight excluding hydrogens is 414 g/mol. The molecule has 27 heavy (non-hydrogen) atoms. The molecule has 0 atom stereocenters. The molecule has 0 radical (unpaired) electrons. The summed E-state index contributed by atoms with van der Waals surface area (Å²) >= 11 is 3.33. The number of carbonyl (C=O) groups excluding carboxylic acids is 2. The van der Waals surface area contributed by atoms with Crippen molar-refractivity contribution in [3.05, 3.63) is 52.5 Å². The van der Waals surface area contributed by atoms with Crippen LogP contribution in [0.3, 0.4) is 0 Å². The number of rotatable bonds is 9. The van der Waals surface area contributed by atoms with Gasteiger partial charge < -0.3 is 19.5 Å². The average molecular weight is 436 g/mol. The molecule has 0 aliphatic rings. The minimum Gasteiger partial charge on any atom is -0.490 e. The van der Waals surface area contributed by atoms with Crippen molar-refractivity contribution in [1.29, 1.82) is 0 Å². The maximum atomic E-state index is 12.0. The van der Waals surface area contributed by atoms with Crippen molar-refractivity contribution in [2.24, 2.45) is 0 Å². The summed E-state index contributed by atoms with van der Waals surface area (Å²) < 4.78 is 16.9. The molecule has 0 fully saturated rings. The first-order chi connectivity index (χ1) is 13.0. The molecule has 1 amide bonds. The zero-order valence-corrected chi connectivity index (χ0v) is 16.9. The normalized spacial score (nSPS) is 10.2. The van der Waals surface area contributed by atoms with Gasteiger partial charge in [-0.25, -0.2) is 0 Å². The van der Waals surface area contributed by atoms with Crippen molar-refractivity contribution < 1.29 is 23.8 Å². The van der Waals surface area contributed by atoms with Gasteiger partial charge >= 0.3 is 5.97 Å². The van der Waals surface area contributed by atoms with E-state index in [2.05, 4.69) is 21.2 Å². The first-order valence-electron chi connectivity index (χ1n) is 8.61. The van der Waals surface area contributed by atoms with E-state index in [0.717, 1.165) is 10.0 Å². The fourth-order valence-electron chi connectivity index (χ4n) is 2.33. The second-order valence-corrected chi connectivity index (χ2v) is 6.46. The Morgan fingerprint density at radius 2 is 1.74 bits per heavy atom. The van der Waals surface area contributed by atoms with Gasteiger partial charge in [-0.15, -0.1) is 0 Å². The molecule has 2 aromatic carbocycles. The van der Waals surface area contributed by atoms with Gasteiger partial charge in [-0.3, -0.25) is 9.59 Å². The molecule has 0 heterocycles. The Morgan fingerprint density at radius 1 is 1.00 bits per heavy atom. The first kappa shape index (κ1) is 20.8. The van der Waals surface area contributed by atoms with E-state index in [4.69, 9.17) is 14.2 Å². The van der Waals surface area contributed by atoms with E-state index >= 15 is 0 Å². The van der Waals surface area contributed by atoms with E-state index in [1.54, 1.807) is 36.4 Å². The number of halogens is 1. The van der Waals surface area contributed by atoms with Gasteiger partial charge in [-0.2, -0.15) is 0 Å². The zero-order valence-electron chi connectivity index (χ0n) is 15.3. The lowest BCUT2D eigenvalue weighted by Gasteiger charge is -2.12. The van der Waals surface area contributed by atoms with E-state index in [0.29, 0.717) is 30.4 Å². The van der Waals surface area contributed by atoms with Crippen LogP contribution >= 0.6 is 15.9 Å². The van der Waals surface area contributed by atoms with Crippen LogP contribution in [-0.4, -0.2) is 31.7 Å².